The van der Waals surface area contributed by atoms with Crippen LogP contribution in [0.5, 0.6) is 11.5 Å². The maximum absolute atomic E-state index is 12.6. The molecule has 5 rings (SSSR count). The van der Waals surface area contributed by atoms with Gasteiger partial charge in [-0.05, 0) is 57.4 Å². The third-order valence-corrected chi connectivity index (χ3v) is 7.63. The van der Waals surface area contributed by atoms with Gasteiger partial charge in [-0.2, -0.15) is 9.61 Å². The van der Waals surface area contributed by atoms with Gasteiger partial charge >= 0.3 is 0 Å². The van der Waals surface area contributed by atoms with Gasteiger partial charge in [0, 0.05) is 24.7 Å². The number of aromatic hydroxyl groups is 2. The average Bonchev–Trinajstić information content (AvgIpc) is 3.27. The number of benzene rings is 3. The molecule has 5 aromatic rings. The van der Waals surface area contributed by atoms with Gasteiger partial charge in [0.1, 0.15) is 17.3 Å². The maximum Gasteiger partial charge on any atom is 0.241 e. The Morgan fingerprint density at radius 1 is 0.892 bits per heavy atom. The number of halogens is 1. The monoisotopic (exact) mass is 579 g/mol. The van der Waals surface area contributed by atoms with E-state index in [0.717, 1.165) is 11.1 Å². The van der Waals surface area contributed by atoms with Gasteiger partial charge in [0.2, 0.25) is 10.0 Å². The summed E-state index contributed by atoms with van der Waals surface area (Å²) in [4.78, 5) is 4.64. The average molecular weight is 580 g/mol. The third-order valence-electron chi connectivity index (χ3n) is 5.67. The molecule has 2 aromatic heterocycles. The van der Waals surface area contributed by atoms with Crippen LogP contribution in [0.3, 0.4) is 0 Å². The maximum atomic E-state index is 12.6. The van der Waals surface area contributed by atoms with Crippen LogP contribution in [0.2, 0.25) is 0 Å². The highest BCUT2D eigenvalue weighted by atomic mass is 79.9. The highest BCUT2D eigenvalue weighted by Gasteiger charge is 2.15. The molecule has 0 aliphatic rings. The normalized spacial score (nSPS) is 11.6. The standard InChI is InChI=1S/C26H22BrN5O4S/c27-22-16-29-32-25(13-23(31-26(22)32)21-9-1-2-10-24(21)34)28-14-17-5-3-6-18(11-17)15-30-37(35,36)20-8-4-7-19(33)12-20/h1-13,16,28,30,33-34H,14-15H2. The van der Waals surface area contributed by atoms with Crippen LogP contribution >= 0.6 is 15.9 Å². The van der Waals surface area contributed by atoms with Gasteiger partial charge in [0.15, 0.2) is 5.65 Å². The zero-order valence-electron chi connectivity index (χ0n) is 19.3. The predicted octanol–water partition coefficient (Wildman–Crippen LogP) is 4.66. The van der Waals surface area contributed by atoms with Crippen LogP contribution in [0.15, 0.2) is 94.4 Å². The quantitative estimate of drug-likeness (QED) is 0.210. The number of phenolic OH excluding ortho intramolecular Hbond substituents is 2. The molecule has 4 N–H and O–H groups in total. The molecule has 37 heavy (non-hydrogen) atoms. The Morgan fingerprint density at radius 2 is 1.65 bits per heavy atom. The third kappa shape index (κ3) is 5.43. The van der Waals surface area contributed by atoms with E-state index < -0.39 is 10.0 Å². The number of rotatable bonds is 8. The lowest BCUT2D eigenvalue weighted by molar-refractivity contribution is 0.473. The number of hydrogen-bond donors (Lipinski definition) is 4. The Hall–Kier alpha value is -3.93. The van der Waals surface area contributed by atoms with E-state index in [0.29, 0.717) is 33.7 Å². The summed E-state index contributed by atoms with van der Waals surface area (Å²) in [6.45, 7) is 0.527. The molecule has 0 unspecified atom stereocenters. The zero-order valence-corrected chi connectivity index (χ0v) is 21.7. The van der Waals surface area contributed by atoms with Crippen molar-refractivity contribution in [3.63, 3.8) is 0 Å². The van der Waals surface area contributed by atoms with Crippen LogP contribution < -0.4 is 10.0 Å². The van der Waals surface area contributed by atoms with Crippen LogP contribution in [0.1, 0.15) is 11.1 Å². The van der Waals surface area contributed by atoms with E-state index in [-0.39, 0.29) is 22.9 Å². The first kappa shape index (κ1) is 24.8. The van der Waals surface area contributed by atoms with Crippen molar-refractivity contribution in [3.8, 4) is 22.8 Å². The number of aromatic nitrogens is 3. The summed E-state index contributed by atoms with van der Waals surface area (Å²) in [5.74, 6) is 0.682. The summed E-state index contributed by atoms with van der Waals surface area (Å²) in [5.41, 5.74) is 3.49. The fourth-order valence-corrected chi connectivity index (χ4v) is 5.25. The Balaban J connectivity index is 1.35. The second-order valence-electron chi connectivity index (χ2n) is 8.27. The van der Waals surface area contributed by atoms with Gasteiger partial charge in [-0.15, -0.1) is 0 Å². The minimum atomic E-state index is -3.77. The van der Waals surface area contributed by atoms with Crippen molar-refractivity contribution in [2.75, 3.05) is 5.32 Å². The van der Waals surface area contributed by atoms with Gasteiger partial charge in [-0.1, -0.05) is 42.5 Å². The number of nitrogens with zero attached hydrogens (tertiary/aromatic N) is 3. The first-order valence-electron chi connectivity index (χ1n) is 11.2. The number of fused-ring (bicyclic) bond motifs is 1. The molecule has 0 amide bonds. The molecule has 0 spiro atoms. The molecule has 0 saturated carbocycles. The van der Waals surface area contributed by atoms with Crippen molar-refractivity contribution >= 4 is 37.4 Å². The predicted molar refractivity (Wildman–Crippen MR) is 144 cm³/mol. The molecule has 0 radical (unpaired) electrons. The molecule has 2 heterocycles. The number of nitrogens with one attached hydrogen (secondary N) is 2. The minimum Gasteiger partial charge on any atom is -0.508 e. The van der Waals surface area contributed by atoms with E-state index in [9.17, 15) is 18.6 Å². The highest BCUT2D eigenvalue weighted by Crippen LogP contribution is 2.31. The molecule has 188 valence electrons. The van der Waals surface area contributed by atoms with Crippen LogP contribution in [0.25, 0.3) is 16.9 Å². The first-order chi connectivity index (χ1) is 17.8. The molecule has 3 aromatic carbocycles. The van der Waals surface area contributed by atoms with Crippen LogP contribution in [-0.4, -0.2) is 33.2 Å². The molecule has 0 aliphatic carbocycles. The van der Waals surface area contributed by atoms with E-state index in [2.05, 4.69) is 36.1 Å². The zero-order chi connectivity index (χ0) is 26.0. The van der Waals surface area contributed by atoms with E-state index >= 15 is 0 Å². The van der Waals surface area contributed by atoms with Crippen molar-refractivity contribution in [2.24, 2.45) is 0 Å². The molecule has 0 bridgehead atoms. The summed E-state index contributed by atoms with van der Waals surface area (Å²) in [6, 6.07) is 21.9. The molecule has 0 fully saturated rings. The number of para-hydroxylation sites is 1. The molecular formula is C26H22BrN5O4S. The molecular weight excluding hydrogens is 558 g/mol. The lowest BCUT2D eigenvalue weighted by atomic mass is 10.1. The van der Waals surface area contributed by atoms with Crippen molar-refractivity contribution < 1.29 is 18.6 Å². The summed E-state index contributed by atoms with van der Waals surface area (Å²) in [5, 5.41) is 27.7. The second kappa shape index (κ2) is 10.2. The van der Waals surface area contributed by atoms with Crippen LogP contribution in [0.4, 0.5) is 5.82 Å². The second-order valence-corrected chi connectivity index (χ2v) is 10.9. The molecule has 11 heteroatoms. The lowest BCUT2D eigenvalue weighted by Gasteiger charge is -2.13. The molecule has 0 atom stereocenters. The molecule has 9 nitrogen and oxygen atoms in total. The van der Waals surface area contributed by atoms with Crippen molar-refractivity contribution in [2.45, 2.75) is 18.0 Å². The van der Waals surface area contributed by atoms with Gasteiger partial charge in [-0.3, -0.25) is 0 Å². The lowest BCUT2D eigenvalue weighted by Crippen LogP contribution is -2.23. The number of phenols is 2. The van der Waals surface area contributed by atoms with E-state index in [4.69, 9.17) is 0 Å². The minimum absolute atomic E-state index is 0.00216. The number of sulfonamides is 1. The number of anilines is 1. The topological polar surface area (TPSA) is 129 Å². The van der Waals surface area contributed by atoms with Crippen LogP contribution in [-0.2, 0) is 23.1 Å². The largest absolute Gasteiger partial charge is 0.508 e. The van der Waals surface area contributed by atoms with Gasteiger partial charge in [0.25, 0.3) is 0 Å². The first-order valence-corrected chi connectivity index (χ1v) is 13.5. The number of hydrogen-bond acceptors (Lipinski definition) is 7. The Morgan fingerprint density at radius 3 is 2.43 bits per heavy atom. The van der Waals surface area contributed by atoms with Crippen molar-refractivity contribution in [1.82, 2.24) is 19.3 Å². The summed E-state index contributed by atoms with van der Waals surface area (Å²) >= 11 is 3.48. The Labute approximate surface area is 221 Å². The Bertz CT molecular complexity index is 1700. The van der Waals surface area contributed by atoms with Crippen molar-refractivity contribution in [1.29, 1.82) is 0 Å². The fraction of sp³-hybridized carbons (Fsp3) is 0.0769. The Kier molecular flexibility index (Phi) is 6.83. The summed E-state index contributed by atoms with van der Waals surface area (Å²) < 4.78 is 30.1. The summed E-state index contributed by atoms with van der Waals surface area (Å²) in [7, 11) is -3.77. The van der Waals surface area contributed by atoms with Gasteiger partial charge in [0.05, 0.1) is 21.3 Å². The van der Waals surface area contributed by atoms with E-state index in [1.807, 2.05) is 36.4 Å². The highest BCUT2D eigenvalue weighted by molar-refractivity contribution is 9.10. The van der Waals surface area contributed by atoms with E-state index in [1.54, 1.807) is 28.9 Å². The van der Waals surface area contributed by atoms with E-state index in [1.165, 1.54) is 24.3 Å². The van der Waals surface area contributed by atoms with Gasteiger partial charge in [-0.25, -0.2) is 18.1 Å². The SMILES string of the molecule is O=S(=O)(NCc1cccc(CNc2cc(-c3ccccc3O)nc3c(Br)cnn23)c1)c1cccc(O)c1. The van der Waals surface area contributed by atoms with Gasteiger partial charge < -0.3 is 15.5 Å². The van der Waals surface area contributed by atoms with Crippen LogP contribution in [0, 0.1) is 0 Å². The smallest absolute Gasteiger partial charge is 0.241 e. The molecule has 0 aliphatic heterocycles. The molecule has 0 saturated heterocycles. The summed E-state index contributed by atoms with van der Waals surface area (Å²) in [6.07, 6.45) is 1.65. The van der Waals surface area contributed by atoms with Crippen molar-refractivity contribution in [3.05, 3.63) is 101 Å². The fourth-order valence-electron chi connectivity index (χ4n) is 3.84.